The molecule has 204 valence electrons. The lowest BCUT2D eigenvalue weighted by Gasteiger charge is -2.22. The molecule has 3 heterocycles. The highest BCUT2D eigenvalue weighted by Gasteiger charge is 2.50. The zero-order chi connectivity index (χ0) is 27.3. The average Bonchev–Trinajstić information content (AvgIpc) is 3.18. The van der Waals surface area contributed by atoms with Crippen LogP contribution in [0.25, 0.3) is 11.2 Å². The van der Waals surface area contributed by atoms with Crippen LogP contribution in [0, 0.1) is 0 Å². The minimum absolute atomic E-state index is 0.247. The summed E-state index contributed by atoms with van der Waals surface area (Å²) < 4.78 is 67.7. The number of nitrogens with zero attached hydrogens (tertiary/aromatic N) is 3. The molecule has 2 aromatic heterocycles. The van der Waals surface area contributed by atoms with Gasteiger partial charge in [0.25, 0.3) is 5.56 Å². The first-order valence-corrected chi connectivity index (χ1v) is 14.9. The highest BCUT2D eigenvalue weighted by atomic mass is 31.3. The van der Waals surface area contributed by atoms with E-state index in [0.29, 0.717) is 0 Å². The van der Waals surface area contributed by atoms with Crippen LogP contribution < -0.4 is 11.3 Å². The van der Waals surface area contributed by atoms with E-state index in [0.717, 1.165) is 10.9 Å². The lowest BCUT2D eigenvalue weighted by molar-refractivity contribution is -0.0501. The summed E-state index contributed by atoms with van der Waals surface area (Å²) >= 11 is 0. The fourth-order valence-corrected chi connectivity index (χ4v) is 6.58. The van der Waals surface area contributed by atoms with Gasteiger partial charge in [0.1, 0.15) is 18.3 Å². The van der Waals surface area contributed by atoms with Gasteiger partial charge in [0, 0.05) is 0 Å². The van der Waals surface area contributed by atoms with Gasteiger partial charge in [-0.2, -0.15) is 13.6 Å². The molecule has 1 fully saturated rings. The summed E-state index contributed by atoms with van der Waals surface area (Å²) in [5, 5.41) is 10.6. The molecule has 0 radical (unpaired) electrons. The van der Waals surface area contributed by atoms with Gasteiger partial charge in [-0.05, 0) is 0 Å². The monoisotopic (exact) mass is 603 g/mol. The molecule has 0 amide bonds. The summed E-state index contributed by atoms with van der Waals surface area (Å²) in [4.78, 5) is 75.9. The Bertz CT molecular complexity index is 1380. The number of nitrogens with two attached hydrogens (primary N) is 1. The zero-order valence-electron chi connectivity index (χ0n) is 17.0. The Hall–Kier alpha value is -1.41. The van der Waals surface area contributed by atoms with Gasteiger partial charge in [-0.1, -0.05) is 0 Å². The van der Waals surface area contributed by atoms with Crippen molar-refractivity contribution < 1.29 is 75.1 Å². The summed E-state index contributed by atoms with van der Waals surface area (Å²) in [5.41, 5.74) is 4.17. The number of rotatable bonds is 10. The predicted molar refractivity (Wildman–Crippen MR) is 109 cm³/mol. The SMILES string of the molecule is Nc1nc2c(ncn2[C@@H]2O[C@H](COP(=O)(O)OP(=O)(O)OP(=O)(O)O)[C@@H](OP(=O)(O)O)[C@H]2O)c(=O)[nH]1. The number of phosphoric acid groups is 4. The fourth-order valence-electron chi connectivity index (χ4n) is 2.97. The van der Waals surface area contributed by atoms with Gasteiger partial charge in [0.05, 0.1) is 12.9 Å². The van der Waals surface area contributed by atoms with Crippen LogP contribution in [0.4, 0.5) is 5.95 Å². The Morgan fingerprint density at radius 2 is 1.69 bits per heavy atom. The van der Waals surface area contributed by atoms with E-state index in [4.69, 9.17) is 30.0 Å². The van der Waals surface area contributed by atoms with Crippen molar-refractivity contribution in [3.63, 3.8) is 0 Å². The lowest BCUT2D eigenvalue weighted by Crippen LogP contribution is -2.35. The topological polar surface area (TPSA) is 346 Å². The Morgan fingerprint density at radius 1 is 1.06 bits per heavy atom. The van der Waals surface area contributed by atoms with E-state index in [9.17, 15) is 37.9 Å². The summed E-state index contributed by atoms with van der Waals surface area (Å²) in [6.45, 7) is -1.23. The quantitative estimate of drug-likeness (QED) is 0.130. The Labute approximate surface area is 197 Å². The first-order chi connectivity index (χ1) is 16.3. The van der Waals surface area contributed by atoms with Gasteiger partial charge in [0.2, 0.25) is 5.95 Å². The van der Waals surface area contributed by atoms with Crippen molar-refractivity contribution in [2.45, 2.75) is 24.5 Å². The summed E-state index contributed by atoms with van der Waals surface area (Å²) in [5.74, 6) is -0.367. The number of aliphatic hydroxyl groups is 1. The summed E-state index contributed by atoms with van der Waals surface area (Å²) in [7, 11) is -22.5. The molecule has 0 aliphatic carbocycles. The highest BCUT2D eigenvalue weighted by Crippen LogP contribution is 2.66. The standard InChI is InChI=1S/C10H17N5O17P4/c11-10-13-7-4(8(17)14-10)12-2-15(7)9-5(16)6(30-33(18,19)20)3(29-9)1-28-35(24,25)32-36(26,27)31-34(21,22)23/h2-3,5-6,9,16H,1H2,(H,24,25)(H,26,27)(H2,18,19,20)(H2,21,22,23)(H3,11,13,14,17)/t3-,5-,6-,9-/m1/s1. The van der Waals surface area contributed by atoms with Gasteiger partial charge in [-0.3, -0.25) is 23.4 Å². The molecular weight excluding hydrogens is 586 g/mol. The van der Waals surface area contributed by atoms with Crippen molar-refractivity contribution in [3.8, 4) is 0 Å². The van der Waals surface area contributed by atoms with Gasteiger partial charge >= 0.3 is 31.3 Å². The van der Waals surface area contributed by atoms with Crippen LogP contribution >= 0.6 is 31.3 Å². The van der Waals surface area contributed by atoms with Crippen LogP contribution in [0.1, 0.15) is 6.23 Å². The second kappa shape index (κ2) is 10.0. The highest BCUT2D eigenvalue weighted by molar-refractivity contribution is 7.66. The normalized spacial score (nSPS) is 26.6. The number of phosphoric ester groups is 2. The number of aromatic amines is 1. The minimum Gasteiger partial charge on any atom is -0.386 e. The smallest absolute Gasteiger partial charge is 0.386 e. The molecule has 2 aromatic rings. The molecule has 1 saturated heterocycles. The van der Waals surface area contributed by atoms with Gasteiger partial charge in [-0.15, -0.1) is 0 Å². The maximum absolute atomic E-state index is 12.0. The molecule has 3 rings (SSSR count). The maximum Gasteiger partial charge on any atom is 0.490 e. The first-order valence-electron chi connectivity index (χ1n) is 8.85. The molecule has 6 atom stereocenters. The van der Waals surface area contributed by atoms with Crippen molar-refractivity contribution in [2.75, 3.05) is 12.3 Å². The third kappa shape index (κ3) is 7.33. The summed E-state index contributed by atoms with van der Waals surface area (Å²) in [6.07, 6.45) is -6.51. The van der Waals surface area contributed by atoms with Gasteiger partial charge in [-0.25, -0.2) is 23.2 Å². The molecule has 1 aliphatic heterocycles. The number of imidazole rings is 1. The van der Waals surface area contributed by atoms with E-state index in [-0.39, 0.29) is 17.1 Å². The fraction of sp³-hybridized carbons (Fsp3) is 0.500. The van der Waals surface area contributed by atoms with E-state index < -0.39 is 68.0 Å². The molecule has 1 aliphatic rings. The minimum atomic E-state index is -5.86. The van der Waals surface area contributed by atoms with Crippen molar-refractivity contribution in [2.24, 2.45) is 0 Å². The number of fused-ring (bicyclic) bond motifs is 1. The number of aliphatic hydroxyl groups excluding tert-OH is 1. The number of anilines is 1. The molecule has 0 spiro atoms. The third-order valence-electron chi connectivity index (χ3n) is 4.11. The van der Waals surface area contributed by atoms with Crippen molar-refractivity contribution in [1.82, 2.24) is 19.5 Å². The van der Waals surface area contributed by atoms with Crippen LogP contribution in [-0.2, 0) is 40.7 Å². The van der Waals surface area contributed by atoms with Crippen LogP contribution in [0.3, 0.4) is 0 Å². The van der Waals surface area contributed by atoms with Crippen LogP contribution in [0.2, 0.25) is 0 Å². The average molecular weight is 603 g/mol. The first kappa shape index (κ1) is 29.2. The summed E-state index contributed by atoms with van der Waals surface area (Å²) in [6, 6.07) is 0. The molecular formula is C10H17N5O17P4. The van der Waals surface area contributed by atoms with E-state index in [1.165, 1.54) is 0 Å². The van der Waals surface area contributed by atoms with Crippen LogP contribution in [0.5, 0.6) is 0 Å². The Balaban J connectivity index is 1.85. The lowest BCUT2D eigenvalue weighted by atomic mass is 10.1. The molecule has 26 heteroatoms. The number of aromatic nitrogens is 4. The molecule has 2 unspecified atom stereocenters. The number of hydrogen-bond acceptors (Lipinski definition) is 14. The second-order valence-electron chi connectivity index (χ2n) is 6.78. The Kier molecular flexibility index (Phi) is 8.14. The van der Waals surface area contributed by atoms with Gasteiger partial charge < -0.3 is 44.9 Å². The third-order valence-corrected chi connectivity index (χ3v) is 8.43. The van der Waals surface area contributed by atoms with E-state index >= 15 is 0 Å². The van der Waals surface area contributed by atoms with E-state index in [1.807, 2.05) is 0 Å². The van der Waals surface area contributed by atoms with Crippen molar-refractivity contribution >= 4 is 48.4 Å². The Morgan fingerprint density at radius 3 is 2.28 bits per heavy atom. The van der Waals surface area contributed by atoms with E-state index in [1.54, 1.807) is 0 Å². The molecule has 0 aromatic carbocycles. The number of nitrogen functional groups attached to an aromatic ring is 1. The molecule has 36 heavy (non-hydrogen) atoms. The number of nitrogens with one attached hydrogen (secondary N) is 1. The molecule has 10 N–H and O–H groups in total. The van der Waals surface area contributed by atoms with Crippen molar-refractivity contribution in [1.29, 1.82) is 0 Å². The van der Waals surface area contributed by atoms with Crippen molar-refractivity contribution in [3.05, 3.63) is 16.7 Å². The zero-order valence-corrected chi connectivity index (χ0v) is 20.6. The largest absolute Gasteiger partial charge is 0.490 e. The predicted octanol–water partition coefficient (Wildman–Crippen LogP) is -2.22. The molecule has 22 nitrogen and oxygen atoms in total. The number of H-pyrrole nitrogens is 1. The maximum atomic E-state index is 12.0. The van der Waals surface area contributed by atoms with E-state index in [2.05, 4.69) is 32.6 Å². The molecule has 0 bridgehead atoms. The van der Waals surface area contributed by atoms with Crippen LogP contribution in [-0.4, -0.2) is 78.9 Å². The van der Waals surface area contributed by atoms with Gasteiger partial charge in [0.15, 0.2) is 17.4 Å². The molecule has 0 saturated carbocycles. The second-order valence-corrected chi connectivity index (χ2v) is 12.4. The number of hydrogen-bond donors (Lipinski definition) is 9. The number of ether oxygens (including phenoxy) is 1. The van der Waals surface area contributed by atoms with Crippen LogP contribution in [0.15, 0.2) is 11.1 Å².